The Hall–Kier alpha value is -5.71. The summed E-state index contributed by atoms with van der Waals surface area (Å²) in [5.74, 6) is -2.54. The van der Waals surface area contributed by atoms with Crippen molar-refractivity contribution < 1.29 is 52.4 Å². The number of carbonyl (C=O) groups is 5. The van der Waals surface area contributed by atoms with Gasteiger partial charge in [0.25, 0.3) is 0 Å². The Balaban J connectivity index is 1.91. The largest absolute Gasteiger partial charge is 0.493 e. The lowest BCUT2D eigenvalue weighted by Gasteiger charge is -2.17. The van der Waals surface area contributed by atoms with Crippen LogP contribution in [0, 0.1) is 11.8 Å². The number of ether oxygens (including phenoxy) is 6. The zero-order valence-corrected chi connectivity index (χ0v) is 25.3. The van der Waals surface area contributed by atoms with Gasteiger partial charge in [0.05, 0.1) is 25.0 Å². The van der Waals surface area contributed by atoms with Crippen LogP contribution in [0.3, 0.4) is 0 Å². The van der Waals surface area contributed by atoms with Gasteiger partial charge in [0.15, 0.2) is 5.78 Å². The minimum absolute atomic E-state index is 0.0354. The highest BCUT2D eigenvalue weighted by atomic mass is 16.6. The highest BCUT2D eigenvalue weighted by molar-refractivity contribution is 6.06. The van der Waals surface area contributed by atoms with Gasteiger partial charge in [-0.1, -0.05) is 44.5 Å². The van der Waals surface area contributed by atoms with E-state index in [1.54, 1.807) is 54.6 Å². The molecule has 11 heteroatoms. The minimum Gasteiger partial charge on any atom is -0.493 e. The first-order valence-electron chi connectivity index (χ1n) is 14.0. The average molecular weight is 633 g/mol. The van der Waals surface area contributed by atoms with E-state index in [1.165, 1.54) is 6.08 Å². The quantitative estimate of drug-likeness (QED) is 0.0832. The zero-order chi connectivity index (χ0) is 33.7. The van der Waals surface area contributed by atoms with Gasteiger partial charge in [0, 0.05) is 29.9 Å². The second-order valence-electron chi connectivity index (χ2n) is 9.48. The van der Waals surface area contributed by atoms with Gasteiger partial charge < -0.3 is 28.4 Å². The summed E-state index contributed by atoms with van der Waals surface area (Å²) in [6.45, 7) is 13.4. The maximum absolute atomic E-state index is 12.7. The van der Waals surface area contributed by atoms with Crippen molar-refractivity contribution in [2.75, 3.05) is 39.6 Å². The third-order valence-electron chi connectivity index (χ3n) is 5.93. The molecule has 0 radical (unpaired) electrons. The monoisotopic (exact) mass is 632 g/mol. The molecule has 2 aromatic rings. The molecule has 0 fully saturated rings. The van der Waals surface area contributed by atoms with E-state index < -0.39 is 35.7 Å². The summed E-state index contributed by atoms with van der Waals surface area (Å²) < 4.78 is 31.7. The Morgan fingerprint density at radius 3 is 1.22 bits per heavy atom. The number of esters is 4. The van der Waals surface area contributed by atoms with Crippen LogP contribution >= 0.6 is 0 Å². The molecule has 0 unspecified atom stereocenters. The molecule has 0 heterocycles. The fourth-order valence-corrected chi connectivity index (χ4v) is 3.41. The van der Waals surface area contributed by atoms with Gasteiger partial charge in [-0.05, 0) is 48.0 Å². The Labute approximate surface area is 267 Å². The van der Waals surface area contributed by atoms with E-state index >= 15 is 0 Å². The van der Waals surface area contributed by atoms with Gasteiger partial charge in [-0.2, -0.15) is 0 Å². The summed E-state index contributed by atoms with van der Waals surface area (Å²) in [6, 6.07) is 13.4. The van der Waals surface area contributed by atoms with Crippen LogP contribution in [0.1, 0.15) is 15.9 Å². The van der Waals surface area contributed by atoms with Crippen LogP contribution in [0.4, 0.5) is 0 Å². The summed E-state index contributed by atoms with van der Waals surface area (Å²) in [4.78, 5) is 58.3. The number of hydrogen-bond acceptors (Lipinski definition) is 11. The van der Waals surface area contributed by atoms with Gasteiger partial charge in [0.1, 0.15) is 37.9 Å². The second kappa shape index (κ2) is 20.3. The molecule has 0 aliphatic carbocycles. The molecule has 0 spiro atoms. The minimum atomic E-state index is -0.611. The Morgan fingerprint density at radius 2 is 0.870 bits per heavy atom. The SMILES string of the molecule is C=CC(=O)OCC(COC(=O)C=C)COc1ccc(/C=C/C(=O)c2ccc(OCC(COC(=O)C=C)COC(=O)C=C)cc2)cc1. The van der Waals surface area contributed by atoms with Gasteiger partial charge in [-0.3, -0.25) is 4.79 Å². The molecule has 0 saturated carbocycles. The molecule has 11 nitrogen and oxygen atoms in total. The predicted molar refractivity (Wildman–Crippen MR) is 169 cm³/mol. The van der Waals surface area contributed by atoms with Crippen LogP contribution in [0.5, 0.6) is 11.5 Å². The van der Waals surface area contributed by atoms with Gasteiger partial charge in [0.2, 0.25) is 0 Å². The summed E-state index contributed by atoms with van der Waals surface area (Å²) >= 11 is 0. The highest BCUT2D eigenvalue weighted by Gasteiger charge is 2.16. The summed E-state index contributed by atoms with van der Waals surface area (Å²) in [5, 5.41) is 0. The van der Waals surface area contributed by atoms with Crippen molar-refractivity contribution in [2.24, 2.45) is 11.8 Å². The molecule has 2 aromatic carbocycles. The third kappa shape index (κ3) is 14.2. The smallest absolute Gasteiger partial charge is 0.330 e. The standard InChI is InChI=1S/C35H36O11/c1-5-32(37)43-21-26(22-44-33(38)6-2)19-41-29-14-9-25(10-15-29)11-18-31(36)28-12-16-30(17-13-28)42-20-27(23-45-34(39)7-3)24-46-35(40)8-4/h5-18,26-27H,1-4,19-24H2/b18-11+. The predicted octanol–water partition coefficient (Wildman–Crippen LogP) is 4.49. The van der Waals surface area contributed by atoms with Gasteiger partial charge in [-0.15, -0.1) is 0 Å². The fourth-order valence-electron chi connectivity index (χ4n) is 3.41. The first kappa shape index (κ1) is 36.5. The third-order valence-corrected chi connectivity index (χ3v) is 5.93. The molecule has 0 aromatic heterocycles. The van der Waals surface area contributed by atoms with Crippen LogP contribution in [-0.2, 0) is 38.1 Å². The number of rotatable bonds is 21. The van der Waals surface area contributed by atoms with Crippen molar-refractivity contribution in [1.82, 2.24) is 0 Å². The lowest BCUT2D eigenvalue weighted by molar-refractivity contribution is -0.145. The van der Waals surface area contributed by atoms with E-state index in [-0.39, 0.29) is 45.4 Å². The molecule has 0 N–H and O–H groups in total. The van der Waals surface area contributed by atoms with E-state index in [2.05, 4.69) is 26.3 Å². The van der Waals surface area contributed by atoms with Crippen LogP contribution in [0.2, 0.25) is 0 Å². The summed E-state index contributed by atoms with van der Waals surface area (Å²) in [6.07, 6.45) is 7.22. The number of hydrogen-bond donors (Lipinski definition) is 0. The lowest BCUT2D eigenvalue weighted by atomic mass is 10.1. The van der Waals surface area contributed by atoms with Gasteiger partial charge in [-0.25, -0.2) is 19.2 Å². The maximum atomic E-state index is 12.7. The van der Waals surface area contributed by atoms with Crippen molar-refractivity contribution in [3.8, 4) is 11.5 Å². The van der Waals surface area contributed by atoms with Crippen molar-refractivity contribution >= 4 is 35.7 Å². The average Bonchev–Trinajstić information content (AvgIpc) is 3.09. The Morgan fingerprint density at radius 1 is 0.522 bits per heavy atom. The molecule has 2 rings (SSSR count). The molecule has 0 saturated heterocycles. The van der Waals surface area contributed by atoms with E-state index in [1.807, 2.05) is 0 Å². The number of carbonyl (C=O) groups excluding carboxylic acids is 5. The Bertz CT molecular complexity index is 1360. The highest BCUT2D eigenvalue weighted by Crippen LogP contribution is 2.17. The number of benzene rings is 2. The first-order chi connectivity index (χ1) is 22.2. The van der Waals surface area contributed by atoms with Crippen molar-refractivity contribution in [1.29, 1.82) is 0 Å². The zero-order valence-electron chi connectivity index (χ0n) is 25.3. The molecule has 0 atom stereocenters. The molecule has 0 bridgehead atoms. The summed E-state index contributed by atoms with van der Waals surface area (Å²) in [5.41, 5.74) is 1.18. The van der Waals surface area contributed by atoms with Crippen molar-refractivity contribution in [3.63, 3.8) is 0 Å². The molecule has 242 valence electrons. The molecule has 0 aliphatic rings. The summed E-state index contributed by atoms with van der Waals surface area (Å²) in [7, 11) is 0. The lowest BCUT2D eigenvalue weighted by Crippen LogP contribution is -2.25. The van der Waals surface area contributed by atoms with E-state index in [4.69, 9.17) is 28.4 Å². The molecule has 0 amide bonds. The molecular formula is C35H36O11. The van der Waals surface area contributed by atoms with Crippen LogP contribution in [0.25, 0.3) is 6.08 Å². The van der Waals surface area contributed by atoms with Crippen LogP contribution in [0.15, 0.2) is 105 Å². The number of ketones is 1. The molecular weight excluding hydrogens is 596 g/mol. The van der Waals surface area contributed by atoms with Crippen LogP contribution < -0.4 is 9.47 Å². The topological polar surface area (TPSA) is 141 Å². The molecule has 46 heavy (non-hydrogen) atoms. The van der Waals surface area contributed by atoms with E-state index in [0.29, 0.717) is 17.1 Å². The maximum Gasteiger partial charge on any atom is 0.330 e. The Kier molecular flexibility index (Phi) is 16.1. The van der Waals surface area contributed by atoms with Crippen molar-refractivity contribution in [3.05, 3.63) is 116 Å². The fraction of sp³-hybridized carbons (Fsp3) is 0.229. The number of allylic oxidation sites excluding steroid dienone is 1. The second-order valence-corrected chi connectivity index (χ2v) is 9.48. The van der Waals surface area contributed by atoms with Gasteiger partial charge >= 0.3 is 23.9 Å². The van der Waals surface area contributed by atoms with Crippen LogP contribution in [-0.4, -0.2) is 69.3 Å². The normalized spacial score (nSPS) is 10.5. The van der Waals surface area contributed by atoms with E-state index in [9.17, 15) is 24.0 Å². The molecule has 0 aliphatic heterocycles. The van der Waals surface area contributed by atoms with E-state index in [0.717, 1.165) is 29.9 Å². The first-order valence-corrected chi connectivity index (χ1v) is 14.0. The van der Waals surface area contributed by atoms with Crippen molar-refractivity contribution in [2.45, 2.75) is 0 Å².